The van der Waals surface area contributed by atoms with Gasteiger partial charge in [0.1, 0.15) is 0 Å². The molecule has 0 saturated carbocycles. The van der Waals surface area contributed by atoms with Crippen LogP contribution in [-0.2, 0) is 0 Å². The highest BCUT2D eigenvalue weighted by atomic mass is 19.2. The van der Waals surface area contributed by atoms with E-state index in [4.69, 9.17) is 5.11 Å². The predicted octanol–water partition coefficient (Wildman–Crippen LogP) is 1.86. The number of carbonyl (C=O) groups is 1. The maximum Gasteiger partial charge on any atom is 0.314 e. The quantitative estimate of drug-likeness (QED) is 0.747. The van der Waals surface area contributed by atoms with Gasteiger partial charge in [-0.3, -0.25) is 0 Å². The third-order valence-electron chi connectivity index (χ3n) is 3.95. The molecule has 5 nitrogen and oxygen atoms in total. The van der Waals surface area contributed by atoms with Gasteiger partial charge in [-0.05, 0) is 37.8 Å². The monoisotopic (exact) mass is 327 g/mol. The summed E-state index contributed by atoms with van der Waals surface area (Å²) in [5.74, 6) is -1.42. The molecule has 0 bridgehead atoms. The van der Waals surface area contributed by atoms with Crippen LogP contribution in [-0.4, -0.2) is 43.4 Å². The third-order valence-corrected chi connectivity index (χ3v) is 3.95. The Labute approximate surface area is 134 Å². The summed E-state index contributed by atoms with van der Waals surface area (Å²) in [6.07, 6.45) is 0.961. The Hall–Kier alpha value is -1.89. The first-order valence-electron chi connectivity index (χ1n) is 7.85. The van der Waals surface area contributed by atoms with Crippen LogP contribution in [0, 0.1) is 17.6 Å². The molecule has 0 radical (unpaired) electrons. The minimum Gasteiger partial charge on any atom is -0.393 e. The number of hydrogen-bond acceptors (Lipinski definition) is 3. The molecule has 23 heavy (non-hydrogen) atoms. The van der Waals surface area contributed by atoms with E-state index in [-0.39, 0.29) is 11.9 Å². The topological polar surface area (TPSA) is 64.6 Å². The van der Waals surface area contributed by atoms with Crippen LogP contribution in [0.1, 0.15) is 19.8 Å². The lowest BCUT2D eigenvalue weighted by molar-refractivity contribution is 0.183. The highest BCUT2D eigenvalue weighted by Crippen LogP contribution is 2.24. The highest BCUT2D eigenvalue weighted by Gasteiger charge is 2.23. The molecule has 3 N–H and O–H groups in total. The fourth-order valence-electron chi connectivity index (χ4n) is 2.61. The number of anilines is 1. The molecule has 1 fully saturated rings. The Bertz CT molecular complexity index is 540. The van der Waals surface area contributed by atoms with Crippen molar-refractivity contribution in [2.24, 2.45) is 5.92 Å². The van der Waals surface area contributed by atoms with Crippen molar-refractivity contribution >= 4 is 11.7 Å². The van der Waals surface area contributed by atoms with Crippen molar-refractivity contribution in [3.63, 3.8) is 0 Å². The van der Waals surface area contributed by atoms with Crippen molar-refractivity contribution < 1.29 is 18.7 Å². The normalized spacial score (nSPS) is 18.8. The van der Waals surface area contributed by atoms with Gasteiger partial charge in [0, 0.05) is 37.9 Å². The molecule has 1 aliphatic heterocycles. The first-order valence-corrected chi connectivity index (χ1v) is 7.85. The molecule has 2 unspecified atom stereocenters. The lowest BCUT2D eigenvalue weighted by atomic mass is 10.1. The zero-order chi connectivity index (χ0) is 16.8. The van der Waals surface area contributed by atoms with Crippen LogP contribution in [0.25, 0.3) is 0 Å². The number of aliphatic hydroxyl groups is 1. The molecule has 1 aromatic rings. The molecule has 2 rings (SSSR count). The summed E-state index contributed by atoms with van der Waals surface area (Å²) < 4.78 is 26.2. The molecule has 1 aliphatic rings. The van der Waals surface area contributed by atoms with Crippen LogP contribution in [0.3, 0.4) is 0 Å². The maximum absolute atomic E-state index is 13.3. The number of urea groups is 1. The van der Waals surface area contributed by atoms with Crippen LogP contribution in [0.4, 0.5) is 19.3 Å². The molecule has 2 atom stereocenters. The van der Waals surface area contributed by atoms with Gasteiger partial charge >= 0.3 is 6.03 Å². The minimum absolute atomic E-state index is 0.253. The van der Waals surface area contributed by atoms with E-state index >= 15 is 0 Å². The van der Waals surface area contributed by atoms with E-state index < -0.39 is 17.7 Å². The molecule has 0 aromatic heterocycles. The first kappa shape index (κ1) is 17.5. The molecule has 128 valence electrons. The third kappa shape index (κ3) is 5.35. The van der Waals surface area contributed by atoms with Crippen molar-refractivity contribution in [1.82, 2.24) is 10.6 Å². The van der Waals surface area contributed by atoms with Crippen molar-refractivity contribution in [1.29, 1.82) is 0 Å². The van der Waals surface area contributed by atoms with E-state index in [2.05, 4.69) is 10.6 Å². The van der Waals surface area contributed by atoms with Crippen molar-refractivity contribution in [3.8, 4) is 0 Å². The summed E-state index contributed by atoms with van der Waals surface area (Å²) in [6, 6.07) is 3.65. The molecule has 0 aliphatic carbocycles. The number of nitrogens with zero attached hydrogens (tertiary/aromatic N) is 1. The van der Waals surface area contributed by atoms with Crippen molar-refractivity contribution in [2.75, 3.05) is 31.1 Å². The zero-order valence-electron chi connectivity index (χ0n) is 13.2. The molecule has 1 heterocycles. The van der Waals surface area contributed by atoms with Gasteiger partial charge in [-0.15, -0.1) is 0 Å². The molecular weight excluding hydrogens is 304 g/mol. The number of nitrogens with one attached hydrogen (secondary N) is 2. The number of amides is 2. The summed E-state index contributed by atoms with van der Waals surface area (Å²) >= 11 is 0. The summed E-state index contributed by atoms with van der Waals surface area (Å²) in [7, 11) is 0. The van der Waals surface area contributed by atoms with E-state index in [1.165, 1.54) is 6.07 Å². The van der Waals surface area contributed by atoms with Crippen LogP contribution in [0.2, 0.25) is 0 Å². The molecule has 1 aromatic carbocycles. The van der Waals surface area contributed by atoms with E-state index in [1.54, 1.807) is 13.0 Å². The van der Waals surface area contributed by atoms with E-state index in [0.29, 0.717) is 31.7 Å². The number of halogens is 2. The Morgan fingerprint density at radius 3 is 2.87 bits per heavy atom. The van der Waals surface area contributed by atoms with E-state index in [1.807, 2.05) is 4.90 Å². The molecule has 7 heteroatoms. The van der Waals surface area contributed by atoms with Crippen molar-refractivity contribution in [3.05, 3.63) is 29.8 Å². The highest BCUT2D eigenvalue weighted by molar-refractivity contribution is 5.73. The number of aliphatic hydroxyl groups excluding tert-OH is 1. The lowest BCUT2D eigenvalue weighted by Gasteiger charge is -2.19. The fourth-order valence-corrected chi connectivity index (χ4v) is 2.61. The smallest absolute Gasteiger partial charge is 0.314 e. The number of hydrogen-bond donors (Lipinski definition) is 3. The van der Waals surface area contributed by atoms with Gasteiger partial charge in [-0.1, -0.05) is 0 Å². The summed E-state index contributed by atoms with van der Waals surface area (Å²) in [5.41, 5.74) is 0.660. The van der Waals surface area contributed by atoms with Crippen LogP contribution in [0.15, 0.2) is 18.2 Å². The van der Waals surface area contributed by atoms with E-state index in [0.717, 1.165) is 19.0 Å². The molecule has 2 amide bonds. The Balaban J connectivity index is 1.73. The summed E-state index contributed by atoms with van der Waals surface area (Å²) in [6.45, 7) is 4.07. The fraction of sp³-hybridized carbons (Fsp3) is 0.562. The van der Waals surface area contributed by atoms with Crippen LogP contribution >= 0.6 is 0 Å². The maximum atomic E-state index is 13.3. The Morgan fingerprint density at radius 2 is 2.17 bits per heavy atom. The van der Waals surface area contributed by atoms with Gasteiger partial charge in [0.05, 0.1) is 6.10 Å². The SMILES string of the molecule is CC(O)CCNC(=O)NCC1CCN(c2ccc(F)c(F)c2)C1. The number of rotatable bonds is 6. The van der Waals surface area contributed by atoms with Gasteiger partial charge in [-0.25, -0.2) is 13.6 Å². The number of benzene rings is 1. The minimum atomic E-state index is -0.847. The van der Waals surface area contributed by atoms with Gasteiger partial charge in [0.15, 0.2) is 11.6 Å². The first-order chi connectivity index (χ1) is 11.0. The van der Waals surface area contributed by atoms with Gasteiger partial charge in [0.25, 0.3) is 0 Å². The second-order valence-corrected chi connectivity index (χ2v) is 5.97. The largest absolute Gasteiger partial charge is 0.393 e. The molecular formula is C16H23F2N3O2. The Morgan fingerprint density at radius 1 is 1.39 bits per heavy atom. The molecule has 1 saturated heterocycles. The van der Waals surface area contributed by atoms with Crippen molar-refractivity contribution in [2.45, 2.75) is 25.9 Å². The standard InChI is InChI=1S/C16H23F2N3O2/c1-11(22)4-6-19-16(23)20-9-12-5-7-21(10-12)13-2-3-14(17)15(18)8-13/h2-3,8,11-12,22H,4-7,9-10H2,1H3,(H2,19,20,23). The summed E-state index contributed by atoms with van der Waals surface area (Å²) in [5, 5.41) is 14.6. The van der Waals surface area contributed by atoms with E-state index in [9.17, 15) is 13.6 Å². The average molecular weight is 327 g/mol. The lowest BCUT2D eigenvalue weighted by Crippen LogP contribution is -2.39. The second kappa shape index (κ2) is 8.10. The van der Waals surface area contributed by atoms with Gasteiger partial charge in [-0.2, -0.15) is 0 Å². The van der Waals surface area contributed by atoms with Crippen LogP contribution < -0.4 is 15.5 Å². The van der Waals surface area contributed by atoms with Crippen LogP contribution in [0.5, 0.6) is 0 Å². The zero-order valence-corrected chi connectivity index (χ0v) is 13.2. The summed E-state index contributed by atoms with van der Waals surface area (Å²) in [4.78, 5) is 13.6. The number of carbonyl (C=O) groups excluding carboxylic acids is 1. The average Bonchev–Trinajstić information content (AvgIpc) is 2.96. The van der Waals surface area contributed by atoms with Gasteiger partial charge < -0.3 is 20.6 Å². The predicted molar refractivity (Wildman–Crippen MR) is 84.4 cm³/mol. The molecule has 0 spiro atoms. The Kier molecular flexibility index (Phi) is 6.15. The van der Waals surface area contributed by atoms with Gasteiger partial charge in [0.2, 0.25) is 0 Å². The second-order valence-electron chi connectivity index (χ2n) is 5.97.